The van der Waals surface area contributed by atoms with Gasteiger partial charge in [0, 0.05) is 13.0 Å². The quantitative estimate of drug-likeness (QED) is 0.879. The molecule has 1 aromatic heterocycles. The Morgan fingerprint density at radius 1 is 1.39 bits per heavy atom. The Morgan fingerprint density at radius 3 is 3.00 bits per heavy atom. The summed E-state index contributed by atoms with van der Waals surface area (Å²) in [4.78, 5) is 4.43. The highest BCUT2D eigenvalue weighted by molar-refractivity contribution is 5.21. The van der Waals surface area contributed by atoms with Gasteiger partial charge in [-0.3, -0.25) is 0 Å². The van der Waals surface area contributed by atoms with Crippen LogP contribution in [0.25, 0.3) is 0 Å². The lowest BCUT2D eigenvalue weighted by atomic mass is 10.1. The van der Waals surface area contributed by atoms with Gasteiger partial charge in [-0.05, 0) is 24.5 Å². The van der Waals surface area contributed by atoms with Crippen molar-refractivity contribution in [2.75, 3.05) is 0 Å². The van der Waals surface area contributed by atoms with Crippen LogP contribution >= 0.6 is 0 Å². The Morgan fingerprint density at radius 2 is 2.22 bits per heavy atom. The van der Waals surface area contributed by atoms with Gasteiger partial charge in [-0.15, -0.1) is 0 Å². The number of nitrogens with zero attached hydrogens (tertiary/aromatic N) is 3. The third-order valence-corrected chi connectivity index (χ3v) is 3.27. The van der Waals surface area contributed by atoms with Crippen molar-refractivity contribution < 1.29 is 4.39 Å². The molecule has 0 radical (unpaired) electrons. The first-order valence-electron chi connectivity index (χ1n) is 6.16. The molecule has 3 rings (SSSR count). The van der Waals surface area contributed by atoms with Crippen molar-refractivity contribution in [3.05, 3.63) is 47.3 Å². The van der Waals surface area contributed by atoms with Crippen molar-refractivity contribution in [2.45, 2.75) is 31.8 Å². The van der Waals surface area contributed by atoms with E-state index in [9.17, 15) is 4.39 Å². The summed E-state index contributed by atoms with van der Waals surface area (Å²) >= 11 is 0. The predicted octanol–water partition coefficient (Wildman–Crippen LogP) is 1.80. The summed E-state index contributed by atoms with van der Waals surface area (Å²) in [5.74, 6) is 1.26. The first-order chi connectivity index (χ1) is 8.74. The number of hydrogen-bond donors (Lipinski definition) is 1. The fourth-order valence-electron chi connectivity index (χ4n) is 2.32. The highest BCUT2D eigenvalue weighted by atomic mass is 19.1. The topological polar surface area (TPSA) is 56.7 Å². The minimum absolute atomic E-state index is 0.0411. The maximum absolute atomic E-state index is 13.5. The summed E-state index contributed by atoms with van der Waals surface area (Å²) in [6, 6.07) is 6.67. The Kier molecular flexibility index (Phi) is 2.83. The van der Waals surface area contributed by atoms with E-state index in [1.807, 2.05) is 10.7 Å². The summed E-state index contributed by atoms with van der Waals surface area (Å²) in [6.07, 6.45) is 2.38. The molecule has 1 aromatic carbocycles. The SMILES string of the molecule is NC1CCCn2nc(Cc3ccccc3F)nc21. The Balaban J connectivity index is 1.88. The van der Waals surface area contributed by atoms with Gasteiger partial charge in [-0.1, -0.05) is 18.2 Å². The summed E-state index contributed by atoms with van der Waals surface area (Å²) in [5.41, 5.74) is 6.61. The number of rotatable bonds is 2. The van der Waals surface area contributed by atoms with Crippen LogP contribution in [0.3, 0.4) is 0 Å². The molecule has 0 spiro atoms. The van der Waals surface area contributed by atoms with E-state index in [0.29, 0.717) is 17.8 Å². The maximum Gasteiger partial charge on any atom is 0.155 e. The molecule has 4 nitrogen and oxygen atoms in total. The third kappa shape index (κ3) is 2.01. The van der Waals surface area contributed by atoms with E-state index < -0.39 is 0 Å². The lowest BCUT2D eigenvalue weighted by Crippen LogP contribution is -2.22. The van der Waals surface area contributed by atoms with Crippen molar-refractivity contribution in [3.63, 3.8) is 0 Å². The fourth-order valence-corrected chi connectivity index (χ4v) is 2.32. The van der Waals surface area contributed by atoms with Crippen molar-refractivity contribution >= 4 is 0 Å². The number of hydrogen-bond acceptors (Lipinski definition) is 3. The second kappa shape index (κ2) is 4.49. The maximum atomic E-state index is 13.5. The number of aromatic nitrogens is 3. The van der Waals surface area contributed by atoms with Gasteiger partial charge in [-0.2, -0.15) is 5.10 Å². The average Bonchev–Trinajstić information content (AvgIpc) is 2.76. The van der Waals surface area contributed by atoms with Crippen LogP contribution in [-0.2, 0) is 13.0 Å². The molecule has 18 heavy (non-hydrogen) atoms. The lowest BCUT2D eigenvalue weighted by Gasteiger charge is -2.17. The molecular formula is C13H15FN4. The highest BCUT2D eigenvalue weighted by Gasteiger charge is 2.21. The van der Waals surface area contributed by atoms with Crippen LogP contribution in [-0.4, -0.2) is 14.8 Å². The van der Waals surface area contributed by atoms with E-state index in [2.05, 4.69) is 10.1 Å². The zero-order valence-electron chi connectivity index (χ0n) is 10.0. The lowest BCUT2D eigenvalue weighted by molar-refractivity contribution is 0.421. The second-order valence-electron chi connectivity index (χ2n) is 4.63. The van der Waals surface area contributed by atoms with E-state index in [0.717, 1.165) is 25.2 Å². The van der Waals surface area contributed by atoms with Crippen molar-refractivity contribution in [2.24, 2.45) is 5.73 Å². The molecule has 0 saturated heterocycles. The molecule has 0 aliphatic carbocycles. The summed E-state index contributed by atoms with van der Waals surface area (Å²) in [5, 5.41) is 4.40. The van der Waals surface area contributed by atoms with Crippen LogP contribution < -0.4 is 5.73 Å². The van der Waals surface area contributed by atoms with E-state index in [1.165, 1.54) is 6.07 Å². The van der Waals surface area contributed by atoms with Gasteiger partial charge in [0.1, 0.15) is 11.6 Å². The summed E-state index contributed by atoms with van der Waals surface area (Å²) in [6.45, 7) is 0.854. The minimum atomic E-state index is -0.213. The molecular weight excluding hydrogens is 231 g/mol. The molecule has 1 atom stereocenters. The normalized spacial score (nSPS) is 18.7. The fraction of sp³-hybridized carbons (Fsp3) is 0.385. The number of benzene rings is 1. The zero-order valence-corrected chi connectivity index (χ0v) is 10.0. The number of fused-ring (bicyclic) bond motifs is 1. The minimum Gasteiger partial charge on any atom is -0.321 e. The Hall–Kier alpha value is -1.75. The van der Waals surface area contributed by atoms with Gasteiger partial charge < -0.3 is 5.73 Å². The molecule has 0 amide bonds. The van der Waals surface area contributed by atoms with Crippen LogP contribution in [0.15, 0.2) is 24.3 Å². The van der Waals surface area contributed by atoms with Gasteiger partial charge in [0.05, 0.1) is 6.04 Å². The molecule has 1 aliphatic rings. The first kappa shape index (κ1) is 11.3. The van der Waals surface area contributed by atoms with Gasteiger partial charge in [0.2, 0.25) is 0 Å². The van der Waals surface area contributed by atoms with Gasteiger partial charge in [0.25, 0.3) is 0 Å². The van der Waals surface area contributed by atoms with Crippen molar-refractivity contribution in [3.8, 4) is 0 Å². The number of nitrogens with two attached hydrogens (primary N) is 1. The molecule has 0 saturated carbocycles. The van der Waals surface area contributed by atoms with Crippen LogP contribution in [0.1, 0.15) is 36.1 Å². The smallest absolute Gasteiger partial charge is 0.155 e. The molecule has 0 bridgehead atoms. The van der Waals surface area contributed by atoms with Crippen LogP contribution in [0.2, 0.25) is 0 Å². The number of aryl methyl sites for hydroxylation is 1. The summed E-state index contributed by atoms with van der Waals surface area (Å²) in [7, 11) is 0. The van der Waals surface area contributed by atoms with Crippen molar-refractivity contribution in [1.82, 2.24) is 14.8 Å². The van der Waals surface area contributed by atoms with Crippen molar-refractivity contribution in [1.29, 1.82) is 0 Å². The third-order valence-electron chi connectivity index (χ3n) is 3.27. The van der Waals surface area contributed by atoms with E-state index in [-0.39, 0.29) is 11.9 Å². The second-order valence-corrected chi connectivity index (χ2v) is 4.63. The zero-order chi connectivity index (χ0) is 12.5. The van der Waals surface area contributed by atoms with Gasteiger partial charge in [0.15, 0.2) is 5.82 Å². The predicted molar refractivity (Wildman–Crippen MR) is 65.4 cm³/mol. The monoisotopic (exact) mass is 246 g/mol. The largest absolute Gasteiger partial charge is 0.321 e. The van der Waals surface area contributed by atoms with Crippen LogP contribution in [0.4, 0.5) is 4.39 Å². The Labute approximate surface area is 105 Å². The Bertz CT molecular complexity index is 564. The summed E-state index contributed by atoms with van der Waals surface area (Å²) < 4.78 is 15.4. The molecule has 1 unspecified atom stereocenters. The first-order valence-corrected chi connectivity index (χ1v) is 6.16. The average molecular weight is 246 g/mol. The standard InChI is InChI=1S/C13H15FN4/c14-10-5-2-1-4-9(10)8-12-16-13-11(15)6-3-7-18(13)17-12/h1-2,4-5,11H,3,6-8,15H2. The molecule has 2 heterocycles. The number of halogens is 1. The van der Waals surface area contributed by atoms with Gasteiger partial charge >= 0.3 is 0 Å². The molecule has 2 N–H and O–H groups in total. The van der Waals surface area contributed by atoms with Crippen LogP contribution in [0, 0.1) is 5.82 Å². The molecule has 1 aliphatic heterocycles. The van der Waals surface area contributed by atoms with E-state index in [1.54, 1.807) is 12.1 Å². The van der Waals surface area contributed by atoms with Crippen LogP contribution in [0.5, 0.6) is 0 Å². The molecule has 0 fully saturated rings. The highest BCUT2D eigenvalue weighted by Crippen LogP contribution is 2.21. The van der Waals surface area contributed by atoms with Gasteiger partial charge in [-0.25, -0.2) is 14.1 Å². The molecule has 2 aromatic rings. The van der Waals surface area contributed by atoms with E-state index >= 15 is 0 Å². The molecule has 5 heteroatoms. The molecule has 94 valence electrons. The van der Waals surface area contributed by atoms with E-state index in [4.69, 9.17) is 5.73 Å².